The molecule has 0 atom stereocenters. The molecule has 0 aliphatic carbocycles. The van der Waals surface area contributed by atoms with E-state index in [1.165, 1.54) is 23.5 Å². The molecule has 0 saturated carbocycles. The topological polar surface area (TPSA) is 125 Å². The highest BCUT2D eigenvalue weighted by Gasteiger charge is 2.34. The lowest BCUT2D eigenvalue weighted by Crippen LogP contribution is -2.58. The number of nitrogens with zero attached hydrogens (tertiary/aromatic N) is 8. The molecule has 5 heterocycles. The summed E-state index contributed by atoms with van der Waals surface area (Å²) in [5.74, 6) is 0.969. The highest BCUT2D eigenvalue weighted by Crippen LogP contribution is 2.37. The zero-order valence-corrected chi connectivity index (χ0v) is 26.4. The smallest absolute Gasteiger partial charge is 0.410 e. The van der Waals surface area contributed by atoms with Crippen LogP contribution >= 0.6 is 11.3 Å². The van der Waals surface area contributed by atoms with Gasteiger partial charge in [-0.05, 0) is 63.6 Å². The number of aromatic nitrogens is 5. The molecule has 1 aromatic carbocycles. The minimum Gasteiger partial charge on any atom is -0.444 e. The van der Waals surface area contributed by atoms with Crippen LogP contribution in [0.1, 0.15) is 38.3 Å². The maximum absolute atomic E-state index is 13.5. The van der Waals surface area contributed by atoms with Crippen molar-refractivity contribution in [3.63, 3.8) is 0 Å². The Morgan fingerprint density at radius 1 is 1.11 bits per heavy atom. The van der Waals surface area contributed by atoms with Gasteiger partial charge in [0, 0.05) is 55.4 Å². The molecule has 1 saturated heterocycles. The summed E-state index contributed by atoms with van der Waals surface area (Å²) in [5, 5.41) is 13.7. The van der Waals surface area contributed by atoms with Gasteiger partial charge in [-0.3, -0.25) is 4.40 Å². The van der Waals surface area contributed by atoms with Crippen molar-refractivity contribution in [3.05, 3.63) is 71.4 Å². The van der Waals surface area contributed by atoms with Crippen LogP contribution in [-0.2, 0) is 11.2 Å². The first-order valence-corrected chi connectivity index (χ1v) is 15.3. The summed E-state index contributed by atoms with van der Waals surface area (Å²) in [6.07, 6.45) is 5.88. The van der Waals surface area contributed by atoms with Crippen molar-refractivity contribution in [3.8, 4) is 28.5 Å². The van der Waals surface area contributed by atoms with Gasteiger partial charge in [0.25, 0.3) is 0 Å². The highest BCUT2D eigenvalue weighted by atomic mass is 32.1. The van der Waals surface area contributed by atoms with Crippen LogP contribution in [0.25, 0.3) is 28.0 Å². The lowest BCUT2D eigenvalue weighted by Gasteiger charge is -2.39. The van der Waals surface area contributed by atoms with Crippen LogP contribution in [0.5, 0.6) is 0 Å². The number of aryl methyl sites for hydroxylation is 1. The Balaban J connectivity index is 1.22. The summed E-state index contributed by atoms with van der Waals surface area (Å²) in [5.41, 5.74) is 4.03. The summed E-state index contributed by atoms with van der Waals surface area (Å²) in [6, 6.07) is 12.2. The summed E-state index contributed by atoms with van der Waals surface area (Å²) in [4.78, 5) is 34.9. The first-order valence-electron chi connectivity index (χ1n) is 14.5. The number of fused-ring (bicyclic) bond motifs is 1. The fraction of sp³-hybridized carbons (Fsp3) is 0.312. The van der Waals surface area contributed by atoms with Crippen LogP contribution in [0.2, 0.25) is 0 Å². The molecule has 230 valence electrons. The van der Waals surface area contributed by atoms with E-state index in [2.05, 4.69) is 21.4 Å². The molecule has 0 unspecified atom stereocenters. The van der Waals surface area contributed by atoms with Gasteiger partial charge >= 0.3 is 6.09 Å². The zero-order chi connectivity index (χ0) is 31.9. The monoisotopic (exact) mass is 625 g/mol. The Hall–Kier alpha value is -5.09. The van der Waals surface area contributed by atoms with Crippen LogP contribution in [0.4, 0.5) is 26.1 Å². The molecular formula is C32H32FN9O2S. The van der Waals surface area contributed by atoms with Crippen molar-refractivity contribution in [2.24, 2.45) is 0 Å². The van der Waals surface area contributed by atoms with Gasteiger partial charge in [-0.15, -0.1) is 0 Å². The molecule has 1 N–H and O–H groups in total. The molecule has 11 nitrogen and oxygen atoms in total. The minimum absolute atomic E-state index is 0.0483. The minimum atomic E-state index is -0.529. The van der Waals surface area contributed by atoms with Gasteiger partial charge in [-0.2, -0.15) is 5.26 Å². The fourth-order valence-electron chi connectivity index (χ4n) is 5.05. The molecule has 1 aliphatic heterocycles. The number of nitriles is 1. The number of amides is 1. The number of halogens is 1. The molecule has 4 aromatic heterocycles. The third-order valence-electron chi connectivity index (χ3n) is 7.29. The average Bonchev–Trinajstić information content (AvgIpc) is 3.59. The van der Waals surface area contributed by atoms with Gasteiger partial charge in [-0.25, -0.2) is 29.1 Å². The SMILES string of the molecule is CCc1nc2ccc(-c3cnc(NC4CN(C(=O)OC(C)(C)C)C4)nc3)cn2c1N(C)c1nc(-c2ccc(F)cc2)c(C#N)s1. The summed E-state index contributed by atoms with van der Waals surface area (Å²) in [7, 11) is 1.90. The summed E-state index contributed by atoms with van der Waals surface area (Å²) < 4.78 is 21.0. The number of anilines is 3. The second kappa shape index (κ2) is 11.8. The average molecular weight is 626 g/mol. The second-order valence-corrected chi connectivity index (χ2v) is 12.7. The van der Waals surface area contributed by atoms with Crippen LogP contribution in [0.3, 0.4) is 0 Å². The van der Waals surface area contributed by atoms with E-state index in [1.54, 1.807) is 29.4 Å². The number of carbonyl (C=O) groups is 1. The van der Waals surface area contributed by atoms with E-state index in [0.717, 1.165) is 28.3 Å². The van der Waals surface area contributed by atoms with E-state index in [-0.39, 0.29) is 18.0 Å². The van der Waals surface area contributed by atoms with Crippen molar-refractivity contribution < 1.29 is 13.9 Å². The van der Waals surface area contributed by atoms with Gasteiger partial charge in [0.05, 0.1) is 11.7 Å². The third-order valence-corrected chi connectivity index (χ3v) is 8.33. The van der Waals surface area contributed by atoms with Crippen LogP contribution in [0, 0.1) is 17.1 Å². The first kappa shape index (κ1) is 30.0. The van der Waals surface area contributed by atoms with Crippen LogP contribution < -0.4 is 10.2 Å². The Bertz CT molecular complexity index is 1900. The number of carbonyl (C=O) groups excluding carboxylic acids is 1. The Labute approximate surface area is 264 Å². The van der Waals surface area contributed by atoms with Crippen molar-refractivity contribution in [1.82, 2.24) is 29.2 Å². The number of thiazole rings is 1. The van der Waals surface area contributed by atoms with Gasteiger partial charge < -0.3 is 19.9 Å². The molecule has 0 bridgehead atoms. The van der Waals surface area contributed by atoms with E-state index in [1.807, 2.05) is 62.4 Å². The number of likely N-dealkylation sites (tertiary alicyclic amines) is 1. The number of pyridine rings is 1. The lowest BCUT2D eigenvalue weighted by atomic mass is 10.1. The molecule has 1 aliphatic rings. The zero-order valence-electron chi connectivity index (χ0n) is 25.6. The lowest BCUT2D eigenvalue weighted by molar-refractivity contribution is 0.0104. The maximum atomic E-state index is 13.5. The van der Waals surface area contributed by atoms with E-state index in [0.29, 0.717) is 46.7 Å². The molecule has 1 amide bonds. The van der Waals surface area contributed by atoms with Gasteiger partial charge in [0.1, 0.15) is 39.5 Å². The molecule has 45 heavy (non-hydrogen) atoms. The normalized spacial score (nSPS) is 13.4. The van der Waals surface area contributed by atoms with E-state index >= 15 is 0 Å². The van der Waals surface area contributed by atoms with E-state index < -0.39 is 5.60 Å². The number of hydrogen-bond donors (Lipinski definition) is 1. The molecule has 0 radical (unpaired) electrons. The number of rotatable bonds is 7. The number of benzene rings is 1. The Kier molecular flexibility index (Phi) is 7.84. The van der Waals surface area contributed by atoms with Crippen molar-refractivity contribution in [2.45, 2.75) is 45.8 Å². The first-order chi connectivity index (χ1) is 21.5. The third kappa shape index (κ3) is 6.14. The fourth-order valence-corrected chi connectivity index (χ4v) is 5.89. The standard InChI is InChI=1S/C32H32FN9O2S/c1-6-24-28(40(5)30-39-27(25(13-34)45-30)19-7-10-22(33)11-8-19)42-16-20(9-12-26(42)38-24)21-14-35-29(36-15-21)37-23-17-41(18-23)31(43)44-32(2,3)4/h7-12,14-16,23H,6,17-18H2,1-5H3,(H,35,36,37). The van der Waals surface area contributed by atoms with Gasteiger partial charge in [0.2, 0.25) is 5.95 Å². The largest absolute Gasteiger partial charge is 0.444 e. The highest BCUT2D eigenvalue weighted by molar-refractivity contribution is 7.16. The molecule has 6 rings (SSSR count). The predicted octanol–water partition coefficient (Wildman–Crippen LogP) is 6.29. The van der Waals surface area contributed by atoms with Gasteiger partial charge in [-0.1, -0.05) is 18.3 Å². The van der Waals surface area contributed by atoms with Crippen LogP contribution in [-0.4, -0.2) is 67.1 Å². The Morgan fingerprint density at radius 2 is 1.80 bits per heavy atom. The second-order valence-electron chi connectivity index (χ2n) is 11.8. The number of hydrogen-bond acceptors (Lipinski definition) is 10. The molecular weight excluding hydrogens is 593 g/mol. The summed E-state index contributed by atoms with van der Waals surface area (Å²) >= 11 is 1.27. The van der Waals surface area contributed by atoms with Gasteiger partial charge in [0.15, 0.2) is 5.13 Å². The molecule has 5 aromatic rings. The maximum Gasteiger partial charge on any atom is 0.410 e. The van der Waals surface area contributed by atoms with Crippen molar-refractivity contribution in [1.29, 1.82) is 5.26 Å². The molecule has 1 fully saturated rings. The summed E-state index contributed by atoms with van der Waals surface area (Å²) in [6.45, 7) is 8.63. The van der Waals surface area contributed by atoms with Crippen molar-refractivity contribution in [2.75, 3.05) is 30.4 Å². The predicted molar refractivity (Wildman–Crippen MR) is 171 cm³/mol. The van der Waals surface area contributed by atoms with Crippen molar-refractivity contribution >= 4 is 40.0 Å². The molecule has 13 heteroatoms. The van der Waals surface area contributed by atoms with Crippen LogP contribution in [0.15, 0.2) is 55.0 Å². The molecule has 0 spiro atoms. The quantitative estimate of drug-likeness (QED) is 0.222. The van der Waals surface area contributed by atoms with E-state index in [9.17, 15) is 14.4 Å². The number of ether oxygens (including phenoxy) is 1. The number of imidazole rings is 1. The Morgan fingerprint density at radius 3 is 2.44 bits per heavy atom. The van der Waals surface area contributed by atoms with E-state index in [4.69, 9.17) is 14.7 Å². The number of nitrogens with one attached hydrogen (secondary N) is 1.